The first-order valence-corrected chi connectivity index (χ1v) is 4.90. The molecule has 0 fully saturated rings. The molecule has 1 unspecified atom stereocenters. The molecular formula is C10H11NO4S. The zero-order valence-corrected chi connectivity index (χ0v) is 9.73. The van der Waals surface area contributed by atoms with Crippen molar-refractivity contribution in [1.82, 2.24) is 4.98 Å². The van der Waals surface area contributed by atoms with Gasteiger partial charge in [0.2, 0.25) is 11.0 Å². The van der Waals surface area contributed by atoms with Crippen molar-refractivity contribution < 1.29 is 19.1 Å². The molecule has 0 N–H and O–H groups in total. The summed E-state index contributed by atoms with van der Waals surface area (Å²) in [6.45, 7) is 1.21. The van der Waals surface area contributed by atoms with Gasteiger partial charge < -0.3 is 9.47 Å². The first kappa shape index (κ1) is 12.5. The molecule has 0 aliphatic rings. The third-order valence-electron chi connectivity index (χ3n) is 1.78. The maximum atomic E-state index is 11.3. The minimum atomic E-state index is -1.09. The Morgan fingerprint density at radius 2 is 2.19 bits per heavy atom. The maximum absolute atomic E-state index is 11.3. The van der Waals surface area contributed by atoms with Crippen LogP contribution in [0.25, 0.3) is 0 Å². The summed E-state index contributed by atoms with van der Waals surface area (Å²) in [5.74, 6) is -0.338. The number of esters is 1. The summed E-state index contributed by atoms with van der Waals surface area (Å²) < 4.78 is 9.82. The predicted octanol–water partition coefficient (Wildman–Crippen LogP) is 1.15. The minimum absolute atomic E-state index is 0.233. The first-order chi connectivity index (χ1) is 7.56. The first-order valence-electron chi connectivity index (χ1n) is 4.45. The Labute approximate surface area is 98.2 Å². The standard InChI is InChI=1S/C10H11NO4S/c1-6(12)15-8(10(13)16)7-4-3-5-11-9(7)14-2/h3-5,8H,1-2H3,(H,13,16). The van der Waals surface area contributed by atoms with Crippen molar-refractivity contribution >= 4 is 23.7 Å². The summed E-state index contributed by atoms with van der Waals surface area (Å²) in [6.07, 6.45) is 0.417. The second-order valence-electron chi connectivity index (χ2n) is 2.93. The molecule has 6 heteroatoms. The molecule has 0 bridgehead atoms. The number of rotatable bonds is 4. The van der Waals surface area contributed by atoms with Crippen LogP contribution < -0.4 is 4.74 Å². The van der Waals surface area contributed by atoms with E-state index in [1.165, 1.54) is 20.2 Å². The van der Waals surface area contributed by atoms with Gasteiger partial charge in [0, 0.05) is 13.1 Å². The number of ether oxygens (including phenoxy) is 2. The fourth-order valence-electron chi connectivity index (χ4n) is 1.19. The van der Waals surface area contributed by atoms with Crippen LogP contribution in [0, 0.1) is 0 Å². The van der Waals surface area contributed by atoms with E-state index in [4.69, 9.17) is 9.47 Å². The molecule has 0 spiro atoms. The lowest BCUT2D eigenvalue weighted by Crippen LogP contribution is -2.15. The minimum Gasteiger partial charge on any atom is -0.481 e. The zero-order valence-electron chi connectivity index (χ0n) is 8.84. The van der Waals surface area contributed by atoms with E-state index in [0.717, 1.165) is 0 Å². The molecule has 1 atom stereocenters. The lowest BCUT2D eigenvalue weighted by Gasteiger charge is -2.15. The molecular weight excluding hydrogens is 230 g/mol. The van der Waals surface area contributed by atoms with Gasteiger partial charge in [0.25, 0.3) is 0 Å². The van der Waals surface area contributed by atoms with Crippen molar-refractivity contribution in [3.05, 3.63) is 23.9 Å². The summed E-state index contributed by atoms with van der Waals surface area (Å²) >= 11 is 3.67. The van der Waals surface area contributed by atoms with E-state index in [-0.39, 0.29) is 5.88 Å². The number of pyridine rings is 1. The van der Waals surface area contributed by atoms with Crippen LogP contribution in [0.1, 0.15) is 18.6 Å². The van der Waals surface area contributed by atoms with Gasteiger partial charge in [-0.25, -0.2) is 4.98 Å². The molecule has 0 saturated carbocycles. The Hall–Kier alpha value is -1.56. The molecule has 1 aromatic rings. The number of thiol groups is 1. The number of hydrogen-bond donors (Lipinski definition) is 1. The number of aromatic nitrogens is 1. The highest BCUT2D eigenvalue weighted by Gasteiger charge is 2.24. The van der Waals surface area contributed by atoms with Gasteiger partial charge in [0.1, 0.15) is 0 Å². The van der Waals surface area contributed by atoms with Gasteiger partial charge in [-0.3, -0.25) is 9.59 Å². The Balaban J connectivity index is 3.10. The Morgan fingerprint density at radius 1 is 1.50 bits per heavy atom. The van der Waals surface area contributed by atoms with Gasteiger partial charge in [0.05, 0.1) is 12.7 Å². The monoisotopic (exact) mass is 241 g/mol. The van der Waals surface area contributed by atoms with Crippen molar-refractivity contribution in [2.75, 3.05) is 7.11 Å². The average Bonchev–Trinajstić information content (AvgIpc) is 2.25. The lowest BCUT2D eigenvalue weighted by molar-refractivity contribution is -0.150. The molecule has 0 amide bonds. The van der Waals surface area contributed by atoms with Crippen LogP contribution in [0.15, 0.2) is 18.3 Å². The summed E-state index contributed by atoms with van der Waals surface area (Å²) in [5.41, 5.74) is 0.375. The second kappa shape index (κ2) is 5.50. The molecule has 16 heavy (non-hydrogen) atoms. The van der Waals surface area contributed by atoms with Crippen molar-refractivity contribution in [2.24, 2.45) is 0 Å². The third-order valence-corrected chi connectivity index (χ3v) is 2.02. The van der Waals surface area contributed by atoms with Crippen LogP contribution >= 0.6 is 12.6 Å². The van der Waals surface area contributed by atoms with Gasteiger partial charge in [-0.05, 0) is 12.1 Å². The highest BCUT2D eigenvalue weighted by molar-refractivity contribution is 7.96. The van der Waals surface area contributed by atoms with Crippen LogP contribution in [0.4, 0.5) is 0 Å². The molecule has 1 aromatic heterocycles. The van der Waals surface area contributed by atoms with Gasteiger partial charge in [-0.15, -0.1) is 12.6 Å². The number of carbonyl (C=O) groups excluding carboxylic acids is 2. The molecule has 5 nitrogen and oxygen atoms in total. The van der Waals surface area contributed by atoms with E-state index in [2.05, 4.69) is 17.6 Å². The fraction of sp³-hybridized carbons (Fsp3) is 0.300. The quantitative estimate of drug-likeness (QED) is 0.632. The zero-order chi connectivity index (χ0) is 12.1. The number of hydrogen-bond acceptors (Lipinski definition) is 5. The number of carbonyl (C=O) groups is 2. The molecule has 0 radical (unpaired) electrons. The van der Waals surface area contributed by atoms with Crippen molar-refractivity contribution in [2.45, 2.75) is 13.0 Å². The van der Waals surface area contributed by atoms with Gasteiger partial charge in [-0.1, -0.05) is 0 Å². The van der Waals surface area contributed by atoms with Crippen LogP contribution in [0.3, 0.4) is 0 Å². The highest BCUT2D eigenvalue weighted by Crippen LogP contribution is 2.27. The maximum Gasteiger partial charge on any atom is 0.303 e. The normalized spacial score (nSPS) is 11.7. The summed E-state index contributed by atoms with van der Waals surface area (Å²) in [7, 11) is 1.42. The summed E-state index contributed by atoms with van der Waals surface area (Å²) in [6, 6.07) is 3.21. The van der Waals surface area contributed by atoms with Crippen molar-refractivity contribution in [3.8, 4) is 5.88 Å². The highest BCUT2D eigenvalue weighted by atomic mass is 32.1. The third kappa shape index (κ3) is 2.96. The van der Waals surface area contributed by atoms with Crippen molar-refractivity contribution in [3.63, 3.8) is 0 Å². The Kier molecular flexibility index (Phi) is 4.30. The van der Waals surface area contributed by atoms with E-state index in [1.54, 1.807) is 12.1 Å². The molecule has 0 aliphatic carbocycles. The fourth-order valence-corrected chi connectivity index (χ4v) is 1.38. The van der Waals surface area contributed by atoms with Crippen LogP contribution in [-0.2, 0) is 14.3 Å². The number of nitrogens with zero attached hydrogens (tertiary/aromatic N) is 1. The van der Waals surface area contributed by atoms with Crippen LogP contribution in [0.2, 0.25) is 0 Å². The van der Waals surface area contributed by atoms with E-state index in [9.17, 15) is 9.59 Å². The number of methoxy groups -OCH3 is 1. The Morgan fingerprint density at radius 3 is 2.69 bits per heavy atom. The van der Waals surface area contributed by atoms with Crippen molar-refractivity contribution in [1.29, 1.82) is 0 Å². The lowest BCUT2D eigenvalue weighted by atomic mass is 10.1. The Bertz CT molecular complexity index is 408. The molecule has 0 aliphatic heterocycles. The molecule has 1 heterocycles. The molecule has 1 rings (SSSR count). The second-order valence-corrected chi connectivity index (χ2v) is 3.37. The molecule has 0 saturated heterocycles. The topological polar surface area (TPSA) is 65.5 Å². The van der Waals surface area contributed by atoms with E-state index in [0.29, 0.717) is 5.56 Å². The summed E-state index contributed by atoms with van der Waals surface area (Å²) in [5, 5.41) is -0.582. The van der Waals surface area contributed by atoms with E-state index >= 15 is 0 Å². The van der Waals surface area contributed by atoms with Gasteiger partial charge >= 0.3 is 5.97 Å². The van der Waals surface area contributed by atoms with Crippen LogP contribution in [-0.4, -0.2) is 23.2 Å². The average molecular weight is 241 g/mol. The molecule has 0 aromatic carbocycles. The van der Waals surface area contributed by atoms with E-state index in [1.807, 2.05) is 0 Å². The largest absolute Gasteiger partial charge is 0.481 e. The SMILES string of the molecule is COc1ncccc1C(OC(C)=O)C(=O)S. The van der Waals surface area contributed by atoms with E-state index < -0.39 is 17.2 Å². The molecule has 86 valence electrons. The predicted molar refractivity (Wildman–Crippen MR) is 59.3 cm³/mol. The van der Waals surface area contributed by atoms with Crippen LogP contribution in [0.5, 0.6) is 5.88 Å². The van der Waals surface area contributed by atoms with Gasteiger partial charge in [0.15, 0.2) is 6.10 Å². The smallest absolute Gasteiger partial charge is 0.303 e. The van der Waals surface area contributed by atoms with Gasteiger partial charge in [-0.2, -0.15) is 0 Å². The summed E-state index contributed by atoms with van der Waals surface area (Å²) in [4.78, 5) is 26.0.